The van der Waals surface area contributed by atoms with E-state index in [1.165, 1.54) is 0 Å². The average molecular weight is 254 g/mol. The zero-order valence-electron chi connectivity index (χ0n) is 9.30. The molecule has 0 aliphatic carbocycles. The summed E-state index contributed by atoms with van der Waals surface area (Å²) in [6.45, 7) is -0.277. The second kappa shape index (κ2) is 7.54. The molecule has 0 aromatic heterocycles. The van der Waals surface area contributed by atoms with E-state index >= 15 is 0 Å². The molecular weight excluding hydrogens is 236 g/mol. The van der Waals surface area contributed by atoms with Crippen LogP contribution in [0.5, 0.6) is 0 Å². The third-order valence-corrected chi connectivity index (χ3v) is 2.13. The largest absolute Gasteiger partial charge is 0.463 e. The SMILES string of the molecule is CC(=O)OC[C@@H](O)[C@@H](O)[C@H](O)[C@H](O)[C@@H](O)CO. The van der Waals surface area contributed by atoms with Crippen molar-refractivity contribution < 1.29 is 40.2 Å². The van der Waals surface area contributed by atoms with E-state index in [4.69, 9.17) is 10.2 Å². The Morgan fingerprint density at radius 2 is 1.47 bits per heavy atom. The van der Waals surface area contributed by atoms with Gasteiger partial charge >= 0.3 is 5.97 Å². The lowest BCUT2D eigenvalue weighted by Crippen LogP contribution is -2.51. The molecule has 0 rings (SSSR count). The van der Waals surface area contributed by atoms with Crippen LogP contribution in [0.25, 0.3) is 0 Å². The average Bonchev–Trinajstić information content (AvgIpc) is 2.31. The van der Waals surface area contributed by atoms with Crippen molar-refractivity contribution in [3.63, 3.8) is 0 Å². The van der Waals surface area contributed by atoms with Crippen molar-refractivity contribution in [1.82, 2.24) is 0 Å². The Morgan fingerprint density at radius 3 is 1.88 bits per heavy atom. The van der Waals surface area contributed by atoms with Gasteiger partial charge in [-0.3, -0.25) is 4.79 Å². The minimum Gasteiger partial charge on any atom is -0.463 e. The number of carbonyl (C=O) groups is 1. The molecule has 6 N–H and O–H groups in total. The minimum atomic E-state index is -1.89. The molecule has 0 aliphatic rings. The first kappa shape index (κ1) is 16.2. The molecule has 102 valence electrons. The topological polar surface area (TPSA) is 148 Å². The van der Waals surface area contributed by atoms with E-state index in [9.17, 15) is 25.2 Å². The molecule has 0 radical (unpaired) electrons. The van der Waals surface area contributed by atoms with Gasteiger partial charge in [-0.1, -0.05) is 0 Å². The first-order valence-electron chi connectivity index (χ1n) is 4.95. The van der Waals surface area contributed by atoms with E-state index in [1.807, 2.05) is 0 Å². The number of carbonyl (C=O) groups excluding carboxylic acids is 1. The van der Waals surface area contributed by atoms with Crippen LogP contribution < -0.4 is 0 Å². The summed E-state index contributed by atoms with van der Waals surface area (Å²) in [7, 11) is 0. The number of rotatable bonds is 7. The first-order chi connectivity index (χ1) is 7.81. The number of hydrogen-bond acceptors (Lipinski definition) is 8. The summed E-state index contributed by atoms with van der Waals surface area (Å²) in [5.74, 6) is -0.679. The summed E-state index contributed by atoms with van der Waals surface area (Å²) in [5, 5.41) is 54.8. The Morgan fingerprint density at radius 1 is 1.00 bits per heavy atom. The summed E-state index contributed by atoms with van der Waals surface area (Å²) in [4.78, 5) is 10.4. The molecule has 0 amide bonds. The van der Waals surface area contributed by atoms with Gasteiger partial charge in [0.25, 0.3) is 0 Å². The zero-order valence-corrected chi connectivity index (χ0v) is 9.30. The summed E-state index contributed by atoms with van der Waals surface area (Å²) in [6, 6.07) is 0. The van der Waals surface area contributed by atoms with Gasteiger partial charge in [-0.15, -0.1) is 0 Å². The third-order valence-electron chi connectivity index (χ3n) is 2.13. The van der Waals surface area contributed by atoms with Gasteiger partial charge in [0, 0.05) is 6.92 Å². The van der Waals surface area contributed by atoms with E-state index in [-0.39, 0.29) is 0 Å². The second-order valence-corrected chi connectivity index (χ2v) is 3.59. The van der Waals surface area contributed by atoms with Crippen LogP contribution in [-0.2, 0) is 9.53 Å². The Labute approximate surface area is 97.7 Å². The fourth-order valence-electron chi connectivity index (χ4n) is 1.07. The van der Waals surface area contributed by atoms with E-state index in [0.717, 1.165) is 6.92 Å². The van der Waals surface area contributed by atoms with Crippen LogP contribution in [0.2, 0.25) is 0 Å². The van der Waals surface area contributed by atoms with E-state index in [2.05, 4.69) is 4.74 Å². The third kappa shape index (κ3) is 5.39. The lowest BCUT2D eigenvalue weighted by molar-refractivity contribution is -0.160. The van der Waals surface area contributed by atoms with Gasteiger partial charge < -0.3 is 35.4 Å². The number of aliphatic hydroxyl groups is 6. The van der Waals surface area contributed by atoms with Gasteiger partial charge in [-0.05, 0) is 0 Å². The van der Waals surface area contributed by atoms with Crippen LogP contribution in [0.1, 0.15) is 6.92 Å². The molecule has 0 saturated heterocycles. The molecule has 0 bridgehead atoms. The molecule has 0 heterocycles. The predicted octanol–water partition coefficient (Wildman–Crippen LogP) is -3.65. The number of aliphatic hydroxyl groups excluding tert-OH is 6. The summed E-state index contributed by atoms with van der Waals surface area (Å²) >= 11 is 0. The highest BCUT2D eigenvalue weighted by Gasteiger charge is 2.34. The summed E-state index contributed by atoms with van der Waals surface area (Å²) in [6.07, 6.45) is -8.81. The molecule has 0 spiro atoms. The van der Waals surface area contributed by atoms with Crippen LogP contribution in [0.3, 0.4) is 0 Å². The molecule has 8 nitrogen and oxygen atoms in total. The van der Waals surface area contributed by atoms with Crippen molar-refractivity contribution in [1.29, 1.82) is 0 Å². The molecule has 0 aromatic carbocycles. The van der Waals surface area contributed by atoms with E-state index in [1.54, 1.807) is 0 Å². The molecule has 0 saturated carbocycles. The van der Waals surface area contributed by atoms with Gasteiger partial charge in [0.1, 0.15) is 37.1 Å². The van der Waals surface area contributed by atoms with Crippen LogP contribution >= 0.6 is 0 Å². The van der Waals surface area contributed by atoms with Crippen molar-refractivity contribution >= 4 is 5.97 Å². The smallest absolute Gasteiger partial charge is 0.302 e. The Hall–Kier alpha value is -0.770. The summed E-state index contributed by atoms with van der Waals surface area (Å²) in [5.41, 5.74) is 0. The van der Waals surface area contributed by atoms with E-state index in [0.29, 0.717) is 0 Å². The van der Waals surface area contributed by atoms with Gasteiger partial charge in [-0.25, -0.2) is 0 Å². The lowest BCUT2D eigenvalue weighted by atomic mass is 10.00. The number of ether oxygens (including phenoxy) is 1. The Bertz CT molecular complexity index is 233. The molecule has 17 heavy (non-hydrogen) atoms. The highest BCUT2D eigenvalue weighted by Crippen LogP contribution is 2.08. The van der Waals surface area contributed by atoms with Gasteiger partial charge in [0.2, 0.25) is 0 Å². The van der Waals surface area contributed by atoms with Crippen molar-refractivity contribution in [2.75, 3.05) is 13.2 Å². The molecule has 0 unspecified atom stereocenters. The van der Waals surface area contributed by atoms with Crippen LogP contribution in [0.4, 0.5) is 0 Å². The number of hydrogen-bond donors (Lipinski definition) is 6. The van der Waals surface area contributed by atoms with Crippen molar-refractivity contribution in [2.45, 2.75) is 37.4 Å². The minimum absolute atomic E-state index is 0.560. The number of esters is 1. The fraction of sp³-hybridized carbons (Fsp3) is 0.889. The summed E-state index contributed by atoms with van der Waals surface area (Å²) < 4.78 is 4.39. The highest BCUT2D eigenvalue weighted by atomic mass is 16.5. The van der Waals surface area contributed by atoms with Gasteiger partial charge in [-0.2, -0.15) is 0 Å². The standard InChI is InChI=1S/C9H18O8/c1-4(11)17-3-6(13)8(15)9(16)7(14)5(12)2-10/h5-10,12-16H,2-3H2,1H3/t5-,6+,7+,8+,9+/m0/s1. The second-order valence-electron chi connectivity index (χ2n) is 3.59. The maximum atomic E-state index is 10.4. The molecular formula is C9H18O8. The Kier molecular flexibility index (Phi) is 7.19. The maximum absolute atomic E-state index is 10.4. The van der Waals surface area contributed by atoms with Crippen molar-refractivity contribution in [3.8, 4) is 0 Å². The lowest BCUT2D eigenvalue weighted by Gasteiger charge is -2.28. The molecule has 8 heteroatoms. The zero-order chi connectivity index (χ0) is 13.6. The van der Waals surface area contributed by atoms with Gasteiger partial charge in [0.15, 0.2) is 0 Å². The molecule has 5 atom stereocenters. The van der Waals surface area contributed by atoms with Crippen LogP contribution in [0.15, 0.2) is 0 Å². The van der Waals surface area contributed by atoms with Crippen LogP contribution in [-0.4, -0.2) is 80.3 Å². The Balaban J connectivity index is 4.27. The normalized spacial score (nSPS) is 20.2. The van der Waals surface area contributed by atoms with Crippen molar-refractivity contribution in [3.05, 3.63) is 0 Å². The molecule has 0 aliphatic heterocycles. The molecule has 0 fully saturated rings. The fourth-order valence-corrected chi connectivity index (χ4v) is 1.07. The van der Waals surface area contributed by atoms with Gasteiger partial charge in [0.05, 0.1) is 6.61 Å². The highest BCUT2D eigenvalue weighted by molar-refractivity contribution is 5.65. The van der Waals surface area contributed by atoms with Crippen molar-refractivity contribution in [2.24, 2.45) is 0 Å². The van der Waals surface area contributed by atoms with Crippen LogP contribution in [0, 0.1) is 0 Å². The van der Waals surface area contributed by atoms with E-state index < -0.39 is 49.7 Å². The monoisotopic (exact) mass is 254 g/mol. The first-order valence-corrected chi connectivity index (χ1v) is 4.95. The predicted molar refractivity (Wildman–Crippen MR) is 53.8 cm³/mol. The molecule has 0 aromatic rings. The maximum Gasteiger partial charge on any atom is 0.302 e. The quantitative estimate of drug-likeness (QED) is 0.255.